The minimum atomic E-state index is -0.331. The highest BCUT2D eigenvalue weighted by Gasteiger charge is 2.09. The van der Waals surface area contributed by atoms with Crippen LogP contribution < -0.4 is 10.2 Å². The van der Waals surface area contributed by atoms with Gasteiger partial charge >= 0.3 is 0 Å². The zero-order valence-electron chi connectivity index (χ0n) is 13.4. The quantitative estimate of drug-likeness (QED) is 0.333. The first-order valence-electron chi connectivity index (χ1n) is 7.24. The van der Waals surface area contributed by atoms with E-state index >= 15 is 0 Å². The predicted octanol–water partition coefficient (Wildman–Crippen LogP) is 5.50. The second-order valence-corrected chi connectivity index (χ2v) is 7.19. The lowest BCUT2D eigenvalue weighted by atomic mass is 10.1. The number of rotatable bonds is 6. The Hall–Kier alpha value is -1.63. The third-order valence-electron chi connectivity index (χ3n) is 3.18. The second-order valence-electron chi connectivity index (χ2n) is 5.08. The lowest BCUT2D eigenvalue weighted by molar-refractivity contribution is 0.0955. The Morgan fingerprint density at radius 3 is 2.60 bits per heavy atom. The van der Waals surface area contributed by atoms with Crippen LogP contribution in [0.5, 0.6) is 5.75 Å². The van der Waals surface area contributed by atoms with Gasteiger partial charge in [-0.3, -0.25) is 4.79 Å². The highest BCUT2D eigenvalue weighted by atomic mass is 79.9. The van der Waals surface area contributed by atoms with Crippen molar-refractivity contribution in [2.45, 2.75) is 6.92 Å². The number of hydrazone groups is 1. The minimum absolute atomic E-state index is 0.331. The molecule has 2 rings (SSSR count). The van der Waals surface area contributed by atoms with E-state index in [4.69, 9.17) is 16.3 Å². The van der Waals surface area contributed by atoms with Crippen LogP contribution >= 0.6 is 43.5 Å². The standard InChI is InChI=1S/C18H15Br2ClN2O2/c1-3-6-25-17-14(19)7-12(8-15(17)20)10-22-23-18(24)13-5-4-11(2)16(21)9-13/h3-5,7-10H,1,6H2,2H3,(H,23,24)/b22-10-. The number of hydrogen-bond donors (Lipinski definition) is 1. The molecule has 0 heterocycles. The van der Waals surface area contributed by atoms with Gasteiger partial charge in [0.2, 0.25) is 0 Å². The van der Waals surface area contributed by atoms with Crippen molar-refractivity contribution in [3.8, 4) is 5.75 Å². The van der Waals surface area contributed by atoms with E-state index in [-0.39, 0.29) is 5.91 Å². The molecule has 0 fully saturated rings. The largest absolute Gasteiger partial charge is 0.487 e. The molecular weight excluding hydrogens is 471 g/mol. The van der Waals surface area contributed by atoms with Gasteiger partial charge in [0.25, 0.3) is 5.91 Å². The summed E-state index contributed by atoms with van der Waals surface area (Å²) in [6, 6.07) is 8.77. The smallest absolute Gasteiger partial charge is 0.271 e. The van der Waals surface area contributed by atoms with Gasteiger partial charge in [-0.15, -0.1) is 0 Å². The number of nitrogens with one attached hydrogen (secondary N) is 1. The van der Waals surface area contributed by atoms with Crippen LogP contribution in [0.1, 0.15) is 21.5 Å². The molecule has 0 aliphatic carbocycles. The fourth-order valence-electron chi connectivity index (χ4n) is 1.90. The molecule has 25 heavy (non-hydrogen) atoms. The van der Waals surface area contributed by atoms with Crippen LogP contribution in [-0.4, -0.2) is 18.7 Å². The Morgan fingerprint density at radius 2 is 2.00 bits per heavy atom. The third-order valence-corrected chi connectivity index (χ3v) is 4.77. The summed E-state index contributed by atoms with van der Waals surface area (Å²) < 4.78 is 7.09. The summed E-state index contributed by atoms with van der Waals surface area (Å²) >= 11 is 12.9. The Morgan fingerprint density at radius 1 is 1.32 bits per heavy atom. The van der Waals surface area contributed by atoms with E-state index in [1.165, 1.54) is 0 Å². The number of benzene rings is 2. The van der Waals surface area contributed by atoms with Crippen LogP contribution in [0.4, 0.5) is 0 Å². The zero-order valence-corrected chi connectivity index (χ0v) is 17.3. The molecule has 0 spiro atoms. The van der Waals surface area contributed by atoms with Crippen molar-refractivity contribution in [1.82, 2.24) is 5.43 Å². The Balaban J connectivity index is 2.07. The van der Waals surface area contributed by atoms with Gasteiger partial charge in [-0.1, -0.05) is 30.3 Å². The molecule has 1 amide bonds. The molecule has 2 aromatic rings. The molecule has 0 radical (unpaired) electrons. The lowest BCUT2D eigenvalue weighted by Gasteiger charge is -2.09. The fourth-order valence-corrected chi connectivity index (χ4v) is 3.53. The summed E-state index contributed by atoms with van der Waals surface area (Å²) in [6.45, 7) is 5.90. The Bertz CT molecular complexity index is 815. The van der Waals surface area contributed by atoms with Crippen LogP contribution in [0.25, 0.3) is 0 Å². The van der Waals surface area contributed by atoms with Gasteiger partial charge in [-0.25, -0.2) is 5.43 Å². The molecule has 0 aliphatic heterocycles. The van der Waals surface area contributed by atoms with Crippen LogP contribution in [0.2, 0.25) is 5.02 Å². The van der Waals surface area contributed by atoms with E-state index in [0.717, 1.165) is 20.1 Å². The molecule has 0 bridgehead atoms. The summed E-state index contributed by atoms with van der Waals surface area (Å²) in [4.78, 5) is 12.1. The van der Waals surface area contributed by atoms with Gasteiger partial charge < -0.3 is 4.74 Å². The van der Waals surface area contributed by atoms with E-state index in [2.05, 4.69) is 49.0 Å². The van der Waals surface area contributed by atoms with Crippen molar-refractivity contribution < 1.29 is 9.53 Å². The molecule has 130 valence electrons. The monoisotopic (exact) mass is 484 g/mol. The maximum atomic E-state index is 12.1. The molecule has 1 N–H and O–H groups in total. The van der Waals surface area contributed by atoms with Crippen LogP contribution in [0, 0.1) is 6.92 Å². The number of ether oxygens (including phenoxy) is 1. The highest BCUT2D eigenvalue weighted by Crippen LogP contribution is 2.34. The number of nitrogens with zero attached hydrogens (tertiary/aromatic N) is 1. The van der Waals surface area contributed by atoms with E-state index < -0.39 is 0 Å². The number of amides is 1. The van der Waals surface area contributed by atoms with E-state index in [9.17, 15) is 4.79 Å². The van der Waals surface area contributed by atoms with Crippen molar-refractivity contribution in [3.05, 3.63) is 73.6 Å². The van der Waals surface area contributed by atoms with E-state index in [1.807, 2.05) is 19.1 Å². The number of carbonyl (C=O) groups excluding carboxylic acids is 1. The van der Waals surface area contributed by atoms with E-state index in [1.54, 1.807) is 30.5 Å². The van der Waals surface area contributed by atoms with Crippen molar-refractivity contribution >= 4 is 55.6 Å². The Kier molecular flexibility index (Phi) is 7.23. The van der Waals surface area contributed by atoms with Crippen molar-refractivity contribution in [2.24, 2.45) is 5.10 Å². The molecule has 2 aromatic carbocycles. The van der Waals surface area contributed by atoms with Crippen LogP contribution in [-0.2, 0) is 0 Å². The number of aryl methyl sites for hydroxylation is 1. The van der Waals surface area contributed by atoms with Crippen molar-refractivity contribution in [2.75, 3.05) is 6.61 Å². The highest BCUT2D eigenvalue weighted by molar-refractivity contribution is 9.11. The first-order valence-corrected chi connectivity index (χ1v) is 9.21. The maximum Gasteiger partial charge on any atom is 0.271 e. The fraction of sp³-hybridized carbons (Fsp3) is 0.111. The second kappa shape index (κ2) is 9.17. The first-order chi connectivity index (χ1) is 11.9. The van der Waals surface area contributed by atoms with Crippen molar-refractivity contribution in [3.63, 3.8) is 0 Å². The van der Waals surface area contributed by atoms with Gasteiger partial charge in [0.05, 0.1) is 15.2 Å². The normalized spacial score (nSPS) is 10.7. The topological polar surface area (TPSA) is 50.7 Å². The molecule has 0 saturated heterocycles. The summed E-state index contributed by atoms with van der Waals surface area (Å²) in [6.07, 6.45) is 3.21. The van der Waals surface area contributed by atoms with Crippen LogP contribution in [0.15, 0.2) is 57.0 Å². The molecular formula is C18H15Br2ClN2O2. The number of carbonyl (C=O) groups is 1. The third kappa shape index (κ3) is 5.42. The average Bonchev–Trinajstić information content (AvgIpc) is 2.56. The van der Waals surface area contributed by atoms with Crippen LogP contribution in [0.3, 0.4) is 0 Å². The summed E-state index contributed by atoms with van der Waals surface area (Å²) in [5.74, 6) is 0.345. The summed E-state index contributed by atoms with van der Waals surface area (Å²) in [5, 5.41) is 4.52. The summed E-state index contributed by atoms with van der Waals surface area (Å²) in [7, 11) is 0. The predicted molar refractivity (Wildman–Crippen MR) is 109 cm³/mol. The minimum Gasteiger partial charge on any atom is -0.487 e. The first kappa shape index (κ1) is 19.7. The average molecular weight is 487 g/mol. The maximum absolute atomic E-state index is 12.1. The van der Waals surface area contributed by atoms with Gasteiger partial charge in [0, 0.05) is 10.6 Å². The number of halogens is 3. The molecule has 7 heteroatoms. The molecule has 0 atom stereocenters. The molecule has 0 saturated carbocycles. The SMILES string of the molecule is C=CCOc1c(Br)cc(/C=N\NC(=O)c2ccc(C)c(Cl)c2)cc1Br. The molecule has 0 unspecified atom stereocenters. The zero-order chi connectivity index (χ0) is 18.4. The Labute approximate surface area is 168 Å². The van der Waals surface area contributed by atoms with Crippen molar-refractivity contribution in [1.29, 1.82) is 0 Å². The van der Waals surface area contributed by atoms with E-state index in [0.29, 0.717) is 22.9 Å². The van der Waals surface area contributed by atoms with Gasteiger partial charge in [0.15, 0.2) is 0 Å². The van der Waals surface area contributed by atoms with Gasteiger partial charge in [0.1, 0.15) is 12.4 Å². The summed E-state index contributed by atoms with van der Waals surface area (Å²) in [5.41, 5.74) is 4.62. The molecule has 0 aliphatic rings. The number of hydrogen-bond acceptors (Lipinski definition) is 3. The van der Waals surface area contributed by atoms with Gasteiger partial charge in [-0.2, -0.15) is 5.10 Å². The molecule has 4 nitrogen and oxygen atoms in total. The van der Waals surface area contributed by atoms with Gasteiger partial charge in [-0.05, 0) is 74.2 Å². The lowest BCUT2D eigenvalue weighted by Crippen LogP contribution is -2.17. The molecule has 0 aromatic heterocycles.